The molecule has 0 amide bonds. The van der Waals surface area contributed by atoms with Crippen molar-refractivity contribution in [3.8, 4) is 0 Å². The average Bonchev–Trinajstić information content (AvgIpc) is 2.36. The maximum absolute atomic E-state index is 13.9. The van der Waals surface area contributed by atoms with E-state index in [2.05, 4.69) is 38.5 Å². The van der Waals surface area contributed by atoms with Crippen molar-refractivity contribution in [1.29, 1.82) is 0 Å². The van der Waals surface area contributed by atoms with Gasteiger partial charge in [0, 0.05) is 13.6 Å². The number of halogens is 5. The van der Waals surface area contributed by atoms with Crippen molar-refractivity contribution in [2.45, 2.75) is 12.3 Å². The van der Waals surface area contributed by atoms with Gasteiger partial charge in [0.15, 0.2) is 0 Å². The Balaban J connectivity index is 2.52. The summed E-state index contributed by atoms with van der Waals surface area (Å²) < 4.78 is 29.3. The summed E-state index contributed by atoms with van der Waals surface area (Å²) in [5.74, 6) is -0.943. The Morgan fingerprint density at radius 2 is 1.79 bits per heavy atom. The third-order valence-corrected chi connectivity index (χ3v) is 4.73. The molecule has 0 aliphatic carbocycles. The van der Waals surface area contributed by atoms with Crippen molar-refractivity contribution >= 4 is 50.1 Å². The van der Waals surface area contributed by atoms with Gasteiger partial charge >= 0.3 is 0 Å². The highest BCUT2D eigenvalue weighted by molar-refractivity contribution is 14.1. The van der Waals surface area contributed by atoms with Crippen molar-refractivity contribution in [3.63, 3.8) is 0 Å². The highest BCUT2D eigenvalue weighted by atomic mass is 127. The van der Waals surface area contributed by atoms with Crippen LogP contribution in [-0.2, 0) is 0 Å². The lowest BCUT2D eigenvalue weighted by molar-refractivity contribution is 0.580. The first kappa shape index (κ1) is 15.2. The fraction of sp³-hybridized carbons (Fsp3) is 0.143. The SMILES string of the molecule is Cc1cc(F)c(C(Cl)c2cc(Br)ccc2I)cc1F. The Kier molecular flexibility index (Phi) is 4.84. The van der Waals surface area contributed by atoms with E-state index in [1.807, 2.05) is 18.2 Å². The molecule has 0 fully saturated rings. The van der Waals surface area contributed by atoms with E-state index in [4.69, 9.17) is 11.6 Å². The van der Waals surface area contributed by atoms with Crippen molar-refractivity contribution < 1.29 is 8.78 Å². The van der Waals surface area contributed by atoms with Crippen LogP contribution in [0.2, 0.25) is 0 Å². The lowest BCUT2D eigenvalue weighted by Gasteiger charge is -2.14. The second-order valence-corrected chi connectivity index (χ2v) is 6.67. The highest BCUT2D eigenvalue weighted by Crippen LogP contribution is 2.35. The third-order valence-electron chi connectivity index (χ3n) is 2.78. The Morgan fingerprint density at radius 1 is 1.11 bits per heavy atom. The summed E-state index contributed by atoms with van der Waals surface area (Å²) in [6.45, 7) is 1.52. The van der Waals surface area contributed by atoms with Gasteiger partial charge in [-0.3, -0.25) is 0 Å². The lowest BCUT2D eigenvalue weighted by Crippen LogP contribution is -2.01. The van der Waals surface area contributed by atoms with E-state index in [9.17, 15) is 8.78 Å². The maximum atomic E-state index is 13.9. The van der Waals surface area contributed by atoms with E-state index in [0.717, 1.165) is 13.6 Å². The Bertz CT molecular complexity index is 631. The molecule has 0 heterocycles. The van der Waals surface area contributed by atoms with E-state index < -0.39 is 17.0 Å². The topological polar surface area (TPSA) is 0 Å². The number of aryl methyl sites for hydroxylation is 1. The Labute approximate surface area is 137 Å². The molecular formula is C14H9BrClF2I. The molecule has 0 spiro atoms. The molecule has 0 aliphatic rings. The highest BCUT2D eigenvalue weighted by Gasteiger charge is 2.19. The molecule has 0 saturated carbocycles. The largest absolute Gasteiger partial charge is 0.207 e. The van der Waals surface area contributed by atoms with Crippen molar-refractivity contribution in [2.24, 2.45) is 0 Å². The molecule has 1 atom stereocenters. The molecule has 0 aromatic heterocycles. The van der Waals surface area contributed by atoms with Crippen LogP contribution in [0.4, 0.5) is 8.78 Å². The monoisotopic (exact) mass is 456 g/mol. The molecule has 0 saturated heterocycles. The third kappa shape index (κ3) is 3.28. The normalized spacial score (nSPS) is 12.5. The summed E-state index contributed by atoms with van der Waals surface area (Å²) in [5, 5.41) is -0.723. The van der Waals surface area contributed by atoms with Gasteiger partial charge < -0.3 is 0 Å². The minimum Gasteiger partial charge on any atom is -0.207 e. The summed E-state index contributed by atoms with van der Waals surface area (Å²) in [6.07, 6.45) is 0. The van der Waals surface area contributed by atoms with Gasteiger partial charge in [-0.05, 0) is 71.0 Å². The average molecular weight is 457 g/mol. The zero-order valence-corrected chi connectivity index (χ0v) is 14.4. The number of benzene rings is 2. The quantitative estimate of drug-likeness (QED) is 0.385. The van der Waals surface area contributed by atoms with Gasteiger partial charge in [-0.15, -0.1) is 11.6 Å². The minimum atomic E-state index is -0.723. The Morgan fingerprint density at radius 3 is 2.47 bits per heavy atom. The zero-order valence-electron chi connectivity index (χ0n) is 9.85. The van der Waals surface area contributed by atoms with Crippen LogP contribution in [0.15, 0.2) is 34.8 Å². The van der Waals surface area contributed by atoms with Crippen LogP contribution in [0, 0.1) is 22.1 Å². The fourth-order valence-corrected chi connectivity index (χ4v) is 3.29. The van der Waals surface area contributed by atoms with Gasteiger partial charge in [0.2, 0.25) is 0 Å². The van der Waals surface area contributed by atoms with Gasteiger partial charge in [-0.25, -0.2) is 8.78 Å². The summed E-state index contributed by atoms with van der Waals surface area (Å²) in [6, 6.07) is 7.90. The first-order valence-electron chi connectivity index (χ1n) is 5.44. The maximum Gasteiger partial charge on any atom is 0.128 e. The summed E-state index contributed by atoms with van der Waals surface area (Å²) in [5.41, 5.74) is 1.17. The minimum absolute atomic E-state index is 0.154. The van der Waals surface area contributed by atoms with E-state index >= 15 is 0 Å². The first-order chi connectivity index (χ1) is 8.90. The van der Waals surface area contributed by atoms with Crippen LogP contribution in [0.25, 0.3) is 0 Å². The molecule has 19 heavy (non-hydrogen) atoms. The summed E-state index contributed by atoms with van der Waals surface area (Å²) in [4.78, 5) is 0. The summed E-state index contributed by atoms with van der Waals surface area (Å²) in [7, 11) is 0. The molecule has 2 aromatic rings. The smallest absolute Gasteiger partial charge is 0.128 e. The van der Waals surface area contributed by atoms with Crippen LogP contribution in [0.5, 0.6) is 0 Å². The van der Waals surface area contributed by atoms with E-state index in [-0.39, 0.29) is 11.1 Å². The van der Waals surface area contributed by atoms with E-state index in [0.29, 0.717) is 0 Å². The van der Waals surface area contributed by atoms with Crippen LogP contribution in [0.1, 0.15) is 22.1 Å². The molecule has 0 bridgehead atoms. The number of hydrogen-bond acceptors (Lipinski definition) is 0. The van der Waals surface area contributed by atoms with Crippen LogP contribution < -0.4 is 0 Å². The molecule has 0 N–H and O–H groups in total. The fourth-order valence-electron chi connectivity index (χ4n) is 1.73. The van der Waals surface area contributed by atoms with Gasteiger partial charge in [0.05, 0.1) is 5.38 Å². The van der Waals surface area contributed by atoms with E-state index in [1.54, 1.807) is 0 Å². The van der Waals surface area contributed by atoms with Gasteiger partial charge in [0.1, 0.15) is 11.6 Å². The molecule has 0 nitrogen and oxygen atoms in total. The predicted molar refractivity (Wildman–Crippen MR) is 85.7 cm³/mol. The molecule has 2 aromatic carbocycles. The first-order valence-corrected chi connectivity index (χ1v) is 7.75. The number of alkyl halides is 1. The lowest BCUT2D eigenvalue weighted by atomic mass is 10.0. The second-order valence-electron chi connectivity index (χ2n) is 4.15. The Hall–Kier alpha value is -0.200. The standard InChI is InChI=1S/C14H9BrClF2I/c1-7-4-12(18)9(6-11(7)17)14(16)10-5-8(15)2-3-13(10)19/h2-6,14H,1H3. The molecule has 0 aliphatic heterocycles. The van der Waals surface area contributed by atoms with Crippen LogP contribution >= 0.6 is 50.1 Å². The number of hydrogen-bond donors (Lipinski definition) is 0. The van der Waals surface area contributed by atoms with Gasteiger partial charge in [-0.2, -0.15) is 0 Å². The molecule has 5 heteroatoms. The number of rotatable bonds is 2. The molecule has 0 radical (unpaired) electrons. The van der Waals surface area contributed by atoms with E-state index in [1.165, 1.54) is 19.1 Å². The molecular weight excluding hydrogens is 448 g/mol. The van der Waals surface area contributed by atoms with Crippen molar-refractivity contribution in [2.75, 3.05) is 0 Å². The van der Waals surface area contributed by atoms with Crippen LogP contribution in [0.3, 0.4) is 0 Å². The van der Waals surface area contributed by atoms with Crippen LogP contribution in [-0.4, -0.2) is 0 Å². The van der Waals surface area contributed by atoms with Gasteiger partial charge in [0.25, 0.3) is 0 Å². The van der Waals surface area contributed by atoms with Gasteiger partial charge in [-0.1, -0.05) is 15.9 Å². The molecule has 2 rings (SSSR count). The summed E-state index contributed by atoms with van der Waals surface area (Å²) >= 11 is 11.8. The molecule has 100 valence electrons. The second kappa shape index (κ2) is 6.06. The van der Waals surface area contributed by atoms with Crippen molar-refractivity contribution in [1.82, 2.24) is 0 Å². The molecule has 1 unspecified atom stereocenters. The zero-order chi connectivity index (χ0) is 14.2. The van der Waals surface area contributed by atoms with Crippen molar-refractivity contribution in [3.05, 3.63) is 66.7 Å². The predicted octanol–water partition coefficient (Wildman–Crippen LogP) is 5.97.